The molecular weight excluding hydrogens is 322 g/mol. The SMILES string of the molecule is O=C(NCc1cc(C(F)(F)F)ccc1F)c1nc[nH]c1C(=O)O. The van der Waals surface area contributed by atoms with Gasteiger partial charge >= 0.3 is 12.1 Å². The maximum Gasteiger partial charge on any atom is 0.416 e. The Morgan fingerprint density at radius 1 is 1.30 bits per heavy atom. The maximum atomic E-state index is 13.5. The predicted molar refractivity (Wildman–Crippen MR) is 68.1 cm³/mol. The Hall–Kier alpha value is -2.91. The summed E-state index contributed by atoms with van der Waals surface area (Å²) in [5.41, 5.74) is -2.38. The van der Waals surface area contributed by atoms with E-state index in [4.69, 9.17) is 5.11 Å². The quantitative estimate of drug-likeness (QED) is 0.749. The van der Waals surface area contributed by atoms with Crippen molar-refractivity contribution in [3.05, 3.63) is 52.9 Å². The van der Waals surface area contributed by atoms with Gasteiger partial charge in [0, 0.05) is 12.1 Å². The lowest BCUT2D eigenvalue weighted by atomic mass is 10.1. The molecule has 3 N–H and O–H groups in total. The Morgan fingerprint density at radius 2 is 2.00 bits per heavy atom. The van der Waals surface area contributed by atoms with Crippen LogP contribution in [0, 0.1) is 5.82 Å². The first kappa shape index (κ1) is 16.5. The van der Waals surface area contributed by atoms with Gasteiger partial charge in [0.2, 0.25) is 0 Å². The number of nitrogens with one attached hydrogen (secondary N) is 2. The van der Waals surface area contributed by atoms with Gasteiger partial charge in [0.05, 0.1) is 11.9 Å². The number of carbonyl (C=O) groups excluding carboxylic acids is 1. The number of alkyl halides is 3. The van der Waals surface area contributed by atoms with Gasteiger partial charge in [0.15, 0.2) is 11.4 Å². The maximum absolute atomic E-state index is 13.5. The first-order chi connectivity index (χ1) is 10.7. The van der Waals surface area contributed by atoms with Gasteiger partial charge in [-0.25, -0.2) is 14.2 Å². The van der Waals surface area contributed by atoms with E-state index in [0.717, 1.165) is 6.33 Å². The Balaban J connectivity index is 2.16. The average Bonchev–Trinajstić information content (AvgIpc) is 2.94. The smallest absolute Gasteiger partial charge is 0.416 e. The molecule has 0 unspecified atom stereocenters. The zero-order valence-electron chi connectivity index (χ0n) is 11.2. The summed E-state index contributed by atoms with van der Waals surface area (Å²) < 4.78 is 51.2. The highest BCUT2D eigenvalue weighted by Crippen LogP contribution is 2.30. The molecule has 0 radical (unpaired) electrons. The van der Waals surface area contributed by atoms with Crippen LogP contribution in [0.2, 0.25) is 0 Å². The number of carbonyl (C=O) groups is 2. The lowest BCUT2D eigenvalue weighted by Gasteiger charge is -2.10. The zero-order chi connectivity index (χ0) is 17.2. The molecule has 10 heteroatoms. The number of aromatic carboxylic acids is 1. The third kappa shape index (κ3) is 3.65. The second-order valence-electron chi connectivity index (χ2n) is 4.42. The van der Waals surface area contributed by atoms with E-state index < -0.39 is 47.4 Å². The number of aromatic amines is 1. The molecule has 0 spiro atoms. The summed E-state index contributed by atoms with van der Waals surface area (Å²) in [5.74, 6) is -3.32. The molecule has 2 rings (SSSR count). The summed E-state index contributed by atoms with van der Waals surface area (Å²) in [6.45, 7) is -0.555. The van der Waals surface area contributed by atoms with Crippen molar-refractivity contribution in [2.45, 2.75) is 12.7 Å². The molecule has 0 bridgehead atoms. The topological polar surface area (TPSA) is 95.1 Å². The molecule has 2 aromatic rings. The molecule has 23 heavy (non-hydrogen) atoms. The van der Waals surface area contributed by atoms with Crippen molar-refractivity contribution in [1.82, 2.24) is 15.3 Å². The highest BCUT2D eigenvalue weighted by atomic mass is 19.4. The van der Waals surface area contributed by atoms with Gasteiger partial charge in [-0.3, -0.25) is 4.79 Å². The van der Waals surface area contributed by atoms with Crippen molar-refractivity contribution in [2.24, 2.45) is 0 Å². The van der Waals surface area contributed by atoms with Crippen LogP contribution in [-0.4, -0.2) is 27.0 Å². The molecule has 122 valence electrons. The lowest BCUT2D eigenvalue weighted by Crippen LogP contribution is -2.25. The van der Waals surface area contributed by atoms with Crippen LogP contribution in [0.1, 0.15) is 32.1 Å². The number of amides is 1. The van der Waals surface area contributed by atoms with Crippen LogP contribution in [0.3, 0.4) is 0 Å². The molecule has 0 fully saturated rings. The molecule has 0 aliphatic heterocycles. The molecule has 0 aliphatic carbocycles. The number of carboxylic acid groups (broad SMARTS) is 1. The molecule has 1 aromatic carbocycles. The van der Waals surface area contributed by atoms with Gasteiger partial charge in [-0.15, -0.1) is 0 Å². The highest BCUT2D eigenvalue weighted by Gasteiger charge is 2.31. The van der Waals surface area contributed by atoms with Gasteiger partial charge in [0.25, 0.3) is 5.91 Å². The van der Waals surface area contributed by atoms with E-state index in [9.17, 15) is 27.2 Å². The van der Waals surface area contributed by atoms with Crippen molar-refractivity contribution in [3.8, 4) is 0 Å². The zero-order valence-corrected chi connectivity index (χ0v) is 11.2. The monoisotopic (exact) mass is 331 g/mol. The molecule has 1 amide bonds. The van der Waals surface area contributed by atoms with E-state index in [0.29, 0.717) is 18.2 Å². The summed E-state index contributed by atoms with van der Waals surface area (Å²) in [7, 11) is 0. The molecular formula is C13H9F4N3O3. The van der Waals surface area contributed by atoms with E-state index in [-0.39, 0.29) is 5.56 Å². The van der Waals surface area contributed by atoms with Crippen LogP contribution in [0.4, 0.5) is 17.6 Å². The van der Waals surface area contributed by atoms with E-state index in [1.807, 2.05) is 0 Å². The third-order valence-electron chi connectivity index (χ3n) is 2.88. The first-order valence-corrected chi connectivity index (χ1v) is 6.10. The number of H-pyrrole nitrogens is 1. The summed E-state index contributed by atoms with van der Waals surface area (Å²) in [6.07, 6.45) is -3.67. The summed E-state index contributed by atoms with van der Waals surface area (Å²) in [4.78, 5) is 28.4. The predicted octanol–water partition coefficient (Wildman–Crippen LogP) is 2.20. The fourth-order valence-corrected chi connectivity index (χ4v) is 1.78. The van der Waals surface area contributed by atoms with Crippen molar-refractivity contribution in [1.29, 1.82) is 0 Å². The molecule has 0 atom stereocenters. The fourth-order valence-electron chi connectivity index (χ4n) is 1.78. The molecule has 0 saturated carbocycles. The number of hydrogen-bond donors (Lipinski definition) is 3. The van der Waals surface area contributed by atoms with E-state index in [1.54, 1.807) is 0 Å². The molecule has 1 aromatic heterocycles. The number of nitrogens with zero attached hydrogens (tertiary/aromatic N) is 1. The van der Waals surface area contributed by atoms with E-state index in [1.165, 1.54) is 0 Å². The number of halogens is 4. The Labute approximate surface area is 126 Å². The minimum Gasteiger partial charge on any atom is -0.477 e. The van der Waals surface area contributed by atoms with Gasteiger partial charge in [-0.2, -0.15) is 13.2 Å². The Kier molecular flexibility index (Phi) is 4.34. The average molecular weight is 331 g/mol. The normalized spacial score (nSPS) is 11.3. The summed E-state index contributed by atoms with van der Waals surface area (Å²) in [6, 6.07) is 1.79. The molecule has 0 saturated heterocycles. The van der Waals surface area contributed by atoms with Gasteiger partial charge < -0.3 is 15.4 Å². The Bertz CT molecular complexity index is 755. The largest absolute Gasteiger partial charge is 0.477 e. The number of aromatic nitrogens is 2. The Morgan fingerprint density at radius 3 is 2.61 bits per heavy atom. The number of carboxylic acids is 1. The van der Waals surface area contributed by atoms with Crippen molar-refractivity contribution in [3.63, 3.8) is 0 Å². The molecule has 1 heterocycles. The van der Waals surface area contributed by atoms with Crippen LogP contribution in [0.15, 0.2) is 24.5 Å². The second-order valence-corrected chi connectivity index (χ2v) is 4.42. The van der Waals surface area contributed by atoms with Crippen molar-refractivity contribution >= 4 is 11.9 Å². The minimum atomic E-state index is -4.65. The highest BCUT2D eigenvalue weighted by molar-refractivity contribution is 6.02. The minimum absolute atomic E-state index is 0.388. The second kappa shape index (κ2) is 6.07. The van der Waals surface area contributed by atoms with Crippen LogP contribution >= 0.6 is 0 Å². The molecule has 6 nitrogen and oxygen atoms in total. The lowest BCUT2D eigenvalue weighted by molar-refractivity contribution is -0.137. The van der Waals surface area contributed by atoms with Crippen LogP contribution in [-0.2, 0) is 12.7 Å². The number of benzene rings is 1. The van der Waals surface area contributed by atoms with Crippen molar-refractivity contribution in [2.75, 3.05) is 0 Å². The van der Waals surface area contributed by atoms with Gasteiger partial charge in [0.1, 0.15) is 5.82 Å². The summed E-state index contributed by atoms with van der Waals surface area (Å²) in [5, 5.41) is 10.9. The van der Waals surface area contributed by atoms with E-state index >= 15 is 0 Å². The first-order valence-electron chi connectivity index (χ1n) is 6.10. The van der Waals surface area contributed by atoms with Crippen molar-refractivity contribution < 1.29 is 32.3 Å². The van der Waals surface area contributed by atoms with Crippen LogP contribution < -0.4 is 5.32 Å². The summed E-state index contributed by atoms with van der Waals surface area (Å²) >= 11 is 0. The number of rotatable bonds is 4. The van der Waals surface area contributed by atoms with Crippen LogP contribution in [0.25, 0.3) is 0 Å². The fraction of sp³-hybridized carbons (Fsp3) is 0.154. The third-order valence-corrected chi connectivity index (χ3v) is 2.88. The standard InChI is InChI=1S/C13H9F4N3O3/c14-8-2-1-7(13(15,16)17)3-6(8)4-18-11(21)9-10(12(22)23)20-5-19-9/h1-3,5H,4H2,(H,18,21)(H,19,20)(H,22,23). The van der Waals surface area contributed by atoms with Gasteiger partial charge in [-0.05, 0) is 18.2 Å². The number of imidazole rings is 1. The molecule has 0 aliphatic rings. The van der Waals surface area contributed by atoms with Crippen LogP contribution in [0.5, 0.6) is 0 Å². The van der Waals surface area contributed by atoms with Gasteiger partial charge in [-0.1, -0.05) is 0 Å². The number of hydrogen-bond acceptors (Lipinski definition) is 3. The van der Waals surface area contributed by atoms with E-state index in [2.05, 4.69) is 15.3 Å².